The highest BCUT2D eigenvalue weighted by molar-refractivity contribution is 5.70. The number of benzene rings is 1. The minimum Gasteiger partial charge on any atom is -0.466 e. The predicted molar refractivity (Wildman–Crippen MR) is 68.2 cm³/mol. The molecule has 0 saturated heterocycles. The maximum Gasteiger partial charge on any atom is 0.307 e. The second kappa shape index (κ2) is 5.21. The van der Waals surface area contributed by atoms with Crippen molar-refractivity contribution >= 4 is 11.7 Å². The third-order valence-electron chi connectivity index (χ3n) is 3.21. The first-order valence-electron chi connectivity index (χ1n) is 6.22. The van der Waals surface area contributed by atoms with Gasteiger partial charge in [0, 0.05) is 18.3 Å². The van der Waals surface area contributed by atoms with Crippen molar-refractivity contribution in [2.24, 2.45) is 0 Å². The molecule has 1 aliphatic rings. The molecule has 0 amide bonds. The third kappa shape index (κ3) is 2.60. The molecule has 0 bridgehead atoms. The first kappa shape index (κ1) is 12.0. The van der Waals surface area contributed by atoms with Crippen LogP contribution in [0.3, 0.4) is 0 Å². The van der Waals surface area contributed by atoms with Crippen LogP contribution >= 0.6 is 0 Å². The van der Waals surface area contributed by atoms with Gasteiger partial charge in [0.15, 0.2) is 0 Å². The maximum atomic E-state index is 11.4. The van der Waals surface area contributed by atoms with E-state index in [1.807, 2.05) is 13.0 Å². The van der Waals surface area contributed by atoms with Crippen LogP contribution in [0.15, 0.2) is 24.3 Å². The minimum atomic E-state index is -0.107. The van der Waals surface area contributed by atoms with E-state index in [0.29, 0.717) is 19.1 Å². The molecule has 3 heteroatoms. The molecular formula is C14H19NO2. The first-order chi connectivity index (χ1) is 8.22. The van der Waals surface area contributed by atoms with Crippen LogP contribution in [0.1, 0.15) is 25.8 Å². The second-order valence-corrected chi connectivity index (χ2v) is 4.43. The van der Waals surface area contributed by atoms with Gasteiger partial charge in [-0.15, -0.1) is 0 Å². The van der Waals surface area contributed by atoms with E-state index in [-0.39, 0.29) is 5.97 Å². The Hall–Kier alpha value is -1.51. The number of para-hydroxylation sites is 1. The highest BCUT2D eigenvalue weighted by Crippen LogP contribution is 2.31. The van der Waals surface area contributed by atoms with Gasteiger partial charge in [-0.1, -0.05) is 18.2 Å². The lowest BCUT2D eigenvalue weighted by atomic mass is 10.1. The second-order valence-electron chi connectivity index (χ2n) is 4.43. The number of esters is 1. The van der Waals surface area contributed by atoms with Crippen LogP contribution in [-0.4, -0.2) is 25.2 Å². The summed E-state index contributed by atoms with van der Waals surface area (Å²) in [5, 5.41) is 0. The normalized spacial score (nSPS) is 18.0. The zero-order valence-corrected chi connectivity index (χ0v) is 10.5. The minimum absolute atomic E-state index is 0.107. The number of hydrogen-bond donors (Lipinski definition) is 0. The van der Waals surface area contributed by atoms with Crippen LogP contribution in [0, 0.1) is 0 Å². The summed E-state index contributed by atoms with van der Waals surface area (Å²) in [4.78, 5) is 13.7. The van der Waals surface area contributed by atoms with Gasteiger partial charge in [-0.3, -0.25) is 4.79 Å². The zero-order valence-electron chi connectivity index (χ0n) is 10.5. The number of carbonyl (C=O) groups is 1. The average molecular weight is 233 g/mol. The van der Waals surface area contributed by atoms with Crippen LogP contribution in [0.25, 0.3) is 0 Å². The summed E-state index contributed by atoms with van der Waals surface area (Å²) in [5.74, 6) is -0.107. The van der Waals surface area contributed by atoms with E-state index in [1.165, 1.54) is 11.3 Å². The van der Waals surface area contributed by atoms with Crippen LogP contribution in [-0.2, 0) is 16.0 Å². The molecule has 1 aromatic carbocycles. The quantitative estimate of drug-likeness (QED) is 0.748. The van der Waals surface area contributed by atoms with Crippen LogP contribution in [0.4, 0.5) is 5.69 Å². The molecule has 0 radical (unpaired) electrons. The summed E-state index contributed by atoms with van der Waals surface area (Å²) in [6, 6.07) is 8.89. The Labute approximate surface area is 102 Å². The molecule has 0 aromatic heterocycles. The van der Waals surface area contributed by atoms with Gasteiger partial charge in [0.25, 0.3) is 0 Å². The van der Waals surface area contributed by atoms with Crippen LogP contribution < -0.4 is 4.90 Å². The smallest absolute Gasteiger partial charge is 0.307 e. The summed E-state index contributed by atoms with van der Waals surface area (Å²) in [7, 11) is 0. The van der Waals surface area contributed by atoms with Gasteiger partial charge in [-0.05, 0) is 31.9 Å². The lowest BCUT2D eigenvalue weighted by molar-refractivity contribution is -0.142. The molecule has 1 unspecified atom stereocenters. The number of fused-ring (bicyclic) bond motifs is 1. The van der Waals surface area contributed by atoms with Crippen molar-refractivity contribution < 1.29 is 9.53 Å². The van der Waals surface area contributed by atoms with Gasteiger partial charge in [-0.2, -0.15) is 0 Å². The van der Waals surface area contributed by atoms with Crippen molar-refractivity contribution in [1.29, 1.82) is 0 Å². The molecule has 3 nitrogen and oxygen atoms in total. The molecule has 1 aromatic rings. The lowest BCUT2D eigenvalue weighted by Gasteiger charge is -2.24. The van der Waals surface area contributed by atoms with Crippen LogP contribution in [0.2, 0.25) is 0 Å². The largest absolute Gasteiger partial charge is 0.466 e. The number of hydrogen-bond acceptors (Lipinski definition) is 3. The first-order valence-corrected chi connectivity index (χ1v) is 6.22. The van der Waals surface area contributed by atoms with Gasteiger partial charge in [0.1, 0.15) is 0 Å². The molecule has 2 rings (SSSR count). The van der Waals surface area contributed by atoms with Crippen molar-refractivity contribution in [1.82, 2.24) is 0 Å². The van der Waals surface area contributed by atoms with Crippen molar-refractivity contribution in [3.05, 3.63) is 29.8 Å². The molecule has 1 aliphatic heterocycles. The van der Waals surface area contributed by atoms with Crippen molar-refractivity contribution in [3.63, 3.8) is 0 Å². The topological polar surface area (TPSA) is 29.5 Å². The summed E-state index contributed by atoms with van der Waals surface area (Å²) in [6.07, 6.45) is 1.53. The highest BCUT2D eigenvalue weighted by Gasteiger charge is 2.25. The van der Waals surface area contributed by atoms with E-state index in [0.717, 1.165) is 13.0 Å². The average Bonchev–Trinajstić information content (AvgIpc) is 2.62. The van der Waals surface area contributed by atoms with E-state index in [2.05, 4.69) is 30.0 Å². The Kier molecular flexibility index (Phi) is 3.67. The Morgan fingerprint density at radius 3 is 3.00 bits per heavy atom. The maximum absolute atomic E-state index is 11.4. The molecule has 92 valence electrons. The molecule has 0 saturated carbocycles. The highest BCUT2D eigenvalue weighted by atomic mass is 16.5. The van der Waals surface area contributed by atoms with E-state index in [4.69, 9.17) is 4.74 Å². The van der Waals surface area contributed by atoms with Crippen LogP contribution in [0.5, 0.6) is 0 Å². The fraction of sp³-hybridized carbons (Fsp3) is 0.500. The number of rotatable bonds is 4. The molecule has 1 atom stereocenters. The Morgan fingerprint density at radius 1 is 1.47 bits per heavy atom. The number of carbonyl (C=O) groups excluding carboxylic acids is 1. The van der Waals surface area contributed by atoms with Gasteiger partial charge < -0.3 is 9.64 Å². The number of ether oxygens (including phenoxy) is 1. The summed E-state index contributed by atoms with van der Waals surface area (Å²) in [5.41, 5.74) is 2.65. The summed E-state index contributed by atoms with van der Waals surface area (Å²) < 4.78 is 4.96. The van der Waals surface area contributed by atoms with E-state index in [1.54, 1.807) is 0 Å². The molecule has 0 spiro atoms. The van der Waals surface area contributed by atoms with E-state index in [9.17, 15) is 4.79 Å². The number of nitrogens with zero attached hydrogens (tertiary/aromatic N) is 1. The van der Waals surface area contributed by atoms with Crippen molar-refractivity contribution in [2.45, 2.75) is 32.7 Å². The third-order valence-corrected chi connectivity index (χ3v) is 3.21. The monoisotopic (exact) mass is 233 g/mol. The summed E-state index contributed by atoms with van der Waals surface area (Å²) >= 11 is 0. The van der Waals surface area contributed by atoms with Crippen molar-refractivity contribution in [2.75, 3.05) is 18.1 Å². The van der Waals surface area contributed by atoms with Crippen molar-refractivity contribution in [3.8, 4) is 0 Å². The molecule has 0 aliphatic carbocycles. The molecule has 1 heterocycles. The van der Waals surface area contributed by atoms with Gasteiger partial charge in [0.2, 0.25) is 0 Å². The molecule has 0 fully saturated rings. The fourth-order valence-electron chi connectivity index (χ4n) is 2.42. The summed E-state index contributed by atoms with van der Waals surface area (Å²) in [6.45, 7) is 5.25. The SMILES string of the molecule is CCOC(=O)CCN1c2ccccc2CC1C. The zero-order chi connectivity index (χ0) is 12.3. The van der Waals surface area contributed by atoms with E-state index < -0.39 is 0 Å². The standard InChI is InChI=1S/C14H19NO2/c1-3-17-14(16)8-9-15-11(2)10-12-6-4-5-7-13(12)15/h4-7,11H,3,8-10H2,1-2H3. The Morgan fingerprint density at radius 2 is 2.24 bits per heavy atom. The Bertz CT molecular complexity index is 403. The number of anilines is 1. The van der Waals surface area contributed by atoms with Gasteiger partial charge in [0.05, 0.1) is 13.0 Å². The van der Waals surface area contributed by atoms with Gasteiger partial charge >= 0.3 is 5.97 Å². The molecular weight excluding hydrogens is 214 g/mol. The molecule has 17 heavy (non-hydrogen) atoms. The Balaban J connectivity index is 1.99. The van der Waals surface area contributed by atoms with E-state index >= 15 is 0 Å². The fourth-order valence-corrected chi connectivity index (χ4v) is 2.42. The van der Waals surface area contributed by atoms with Gasteiger partial charge in [-0.25, -0.2) is 0 Å². The predicted octanol–water partition coefficient (Wildman–Crippen LogP) is 2.39. The molecule has 0 N–H and O–H groups in total. The lowest BCUT2D eigenvalue weighted by Crippen LogP contribution is -2.31.